The minimum Gasteiger partial charge on any atom is -0.396 e. The first-order valence-corrected chi connectivity index (χ1v) is 5.74. The summed E-state index contributed by atoms with van der Waals surface area (Å²) in [5.74, 6) is -1.04. The van der Waals surface area contributed by atoms with Gasteiger partial charge in [0, 0.05) is 19.7 Å². The van der Waals surface area contributed by atoms with Crippen molar-refractivity contribution in [1.82, 2.24) is 10.2 Å². The Morgan fingerprint density at radius 3 is 2.94 bits per heavy atom. The third-order valence-corrected chi connectivity index (χ3v) is 2.87. The van der Waals surface area contributed by atoms with Gasteiger partial charge in [-0.25, -0.2) is 0 Å². The summed E-state index contributed by atoms with van der Waals surface area (Å²) in [5.41, 5.74) is 0. The van der Waals surface area contributed by atoms with Crippen molar-refractivity contribution in [3.8, 4) is 6.07 Å². The van der Waals surface area contributed by atoms with Crippen molar-refractivity contribution in [3.05, 3.63) is 0 Å². The maximum atomic E-state index is 11.7. The minimum atomic E-state index is -0.726. The molecule has 2 N–H and O–H groups in total. The molecule has 1 fully saturated rings. The molecule has 1 aliphatic rings. The van der Waals surface area contributed by atoms with Crippen molar-refractivity contribution in [3.63, 3.8) is 0 Å². The molecule has 0 aliphatic carbocycles. The van der Waals surface area contributed by atoms with Crippen LogP contribution in [0.4, 0.5) is 0 Å². The predicted molar refractivity (Wildman–Crippen MR) is 59.6 cm³/mol. The number of likely N-dealkylation sites (tertiary alicyclic amines) is 1. The van der Waals surface area contributed by atoms with Crippen LogP contribution in [0, 0.1) is 17.2 Å². The van der Waals surface area contributed by atoms with Gasteiger partial charge in [-0.1, -0.05) is 0 Å². The molecule has 94 valence electrons. The maximum Gasteiger partial charge on any atom is 0.311 e. The molecule has 0 saturated carbocycles. The van der Waals surface area contributed by atoms with Crippen LogP contribution in [0.15, 0.2) is 0 Å². The highest BCUT2D eigenvalue weighted by Crippen LogP contribution is 2.19. The van der Waals surface area contributed by atoms with Gasteiger partial charge >= 0.3 is 11.8 Å². The second-order valence-corrected chi connectivity index (χ2v) is 4.11. The van der Waals surface area contributed by atoms with Crippen molar-refractivity contribution < 1.29 is 14.7 Å². The van der Waals surface area contributed by atoms with Crippen molar-refractivity contribution in [2.24, 2.45) is 5.92 Å². The second-order valence-electron chi connectivity index (χ2n) is 4.11. The van der Waals surface area contributed by atoms with E-state index in [9.17, 15) is 9.59 Å². The standard InChI is InChI=1S/C11H17N3O3/c12-4-5-13-10(16)11(17)14-6-1-2-9(8-14)3-7-15/h9,15H,1-3,5-8H2,(H,13,16). The zero-order valence-corrected chi connectivity index (χ0v) is 9.69. The highest BCUT2D eigenvalue weighted by Gasteiger charge is 2.27. The van der Waals surface area contributed by atoms with Gasteiger partial charge in [0.05, 0.1) is 6.07 Å². The number of piperidine rings is 1. The van der Waals surface area contributed by atoms with E-state index in [2.05, 4.69) is 5.32 Å². The quantitative estimate of drug-likeness (QED) is 0.500. The topological polar surface area (TPSA) is 93.4 Å². The van der Waals surface area contributed by atoms with Crippen LogP contribution in [0.1, 0.15) is 19.3 Å². The average molecular weight is 239 g/mol. The molecule has 2 amide bonds. The Kier molecular flexibility index (Phi) is 5.43. The highest BCUT2D eigenvalue weighted by atomic mass is 16.3. The fourth-order valence-corrected chi connectivity index (χ4v) is 2.01. The number of aliphatic hydroxyl groups excluding tert-OH is 1. The Balaban J connectivity index is 2.46. The Bertz CT molecular complexity index is 322. The number of nitriles is 1. The molecule has 0 aromatic rings. The lowest BCUT2D eigenvalue weighted by molar-refractivity contribution is -0.147. The lowest BCUT2D eigenvalue weighted by Crippen LogP contribution is -2.47. The largest absolute Gasteiger partial charge is 0.396 e. The number of nitrogens with zero attached hydrogens (tertiary/aromatic N) is 2. The molecule has 1 unspecified atom stereocenters. The molecule has 1 rings (SSSR count). The molecule has 6 heteroatoms. The molecule has 0 aromatic heterocycles. The molecule has 1 saturated heterocycles. The first kappa shape index (κ1) is 13.5. The molecule has 1 heterocycles. The molecular weight excluding hydrogens is 222 g/mol. The van der Waals surface area contributed by atoms with Crippen molar-refractivity contribution >= 4 is 11.8 Å². The van der Waals surface area contributed by atoms with E-state index in [4.69, 9.17) is 10.4 Å². The van der Waals surface area contributed by atoms with Gasteiger partial charge in [0.25, 0.3) is 0 Å². The first-order valence-electron chi connectivity index (χ1n) is 5.74. The summed E-state index contributed by atoms with van der Waals surface area (Å²) in [6.07, 6.45) is 2.48. The molecule has 0 aromatic carbocycles. The SMILES string of the molecule is N#CCNC(=O)C(=O)N1CCCC(CCO)C1. The van der Waals surface area contributed by atoms with Gasteiger partial charge in [-0.2, -0.15) is 5.26 Å². The van der Waals surface area contributed by atoms with Gasteiger partial charge < -0.3 is 15.3 Å². The highest BCUT2D eigenvalue weighted by molar-refractivity contribution is 6.35. The summed E-state index contributed by atoms with van der Waals surface area (Å²) in [4.78, 5) is 24.6. The van der Waals surface area contributed by atoms with Crippen LogP contribution in [-0.4, -0.2) is 48.1 Å². The number of nitrogens with one attached hydrogen (secondary N) is 1. The summed E-state index contributed by atoms with van der Waals surface area (Å²) in [5, 5.41) is 19.4. The normalized spacial score (nSPS) is 19.5. The van der Waals surface area contributed by atoms with Crippen molar-refractivity contribution in [1.29, 1.82) is 5.26 Å². The zero-order chi connectivity index (χ0) is 12.7. The van der Waals surface area contributed by atoms with E-state index in [1.54, 1.807) is 6.07 Å². The summed E-state index contributed by atoms with van der Waals surface area (Å²) in [6, 6.07) is 1.75. The third-order valence-electron chi connectivity index (χ3n) is 2.87. The van der Waals surface area contributed by atoms with E-state index < -0.39 is 11.8 Å². The smallest absolute Gasteiger partial charge is 0.311 e. The van der Waals surface area contributed by atoms with E-state index in [1.807, 2.05) is 0 Å². The van der Waals surface area contributed by atoms with E-state index in [1.165, 1.54) is 4.90 Å². The fraction of sp³-hybridized carbons (Fsp3) is 0.727. The Hall–Kier alpha value is -1.61. The van der Waals surface area contributed by atoms with Gasteiger partial charge in [0.1, 0.15) is 6.54 Å². The third kappa shape index (κ3) is 4.04. The van der Waals surface area contributed by atoms with Crippen LogP contribution in [0.2, 0.25) is 0 Å². The lowest BCUT2D eigenvalue weighted by Gasteiger charge is -2.31. The summed E-state index contributed by atoms with van der Waals surface area (Å²) in [7, 11) is 0. The molecule has 0 spiro atoms. The summed E-state index contributed by atoms with van der Waals surface area (Å²) < 4.78 is 0. The molecule has 6 nitrogen and oxygen atoms in total. The molecule has 1 aliphatic heterocycles. The maximum absolute atomic E-state index is 11.7. The number of hydrogen-bond acceptors (Lipinski definition) is 4. The van der Waals surface area contributed by atoms with Gasteiger partial charge in [0.15, 0.2) is 0 Å². The van der Waals surface area contributed by atoms with E-state index >= 15 is 0 Å². The Morgan fingerprint density at radius 2 is 2.29 bits per heavy atom. The predicted octanol–water partition coefficient (Wildman–Crippen LogP) is -0.753. The molecule has 0 radical (unpaired) electrons. The lowest BCUT2D eigenvalue weighted by atomic mass is 9.95. The second kappa shape index (κ2) is 6.86. The van der Waals surface area contributed by atoms with Crippen molar-refractivity contribution in [2.75, 3.05) is 26.2 Å². The molecular formula is C11H17N3O3. The Labute approximate surface area is 100 Å². The van der Waals surface area contributed by atoms with Gasteiger partial charge in [0.2, 0.25) is 0 Å². The molecule has 0 bridgehead atoms. The zero-order valence-electron chi connectivity index (χ0n) is 9.69. The van der Waals surface area contributed by atoms with Crippen LogP contribution in [0.3, 0.4) is 0 Å². The number of rotatable bonds is 3. The van der Waals surface area contributed by atoms with E-state index in [0.717, 1.165) is 12.8 Å². The first-order chi connectivity index (χ1) is 8.19. The van der Waals surface area contributed by atoms with Crippen LogP contribution >= 0.6 is 0 Å². The van der Waals surface area contributed by atoms with Gasteiger partial charge in [-0.3, -0.25) is 9.59 Å². The number of amides is 2. The Morgan fingerprint density at radius 1 is 1.53 bits per heavy atom. The average Bonchev–Trinajstić information content (AvgIpc) is 2.35. The minimum absolute atomic E-state index is 0.104. The number of carbonyl (C=O) groups excluding carboxylic acids is 2. The van der Waals surface area contributed by atoms with E-state index in [-0.39, 0.29) is 19.1 Å². The van der Waals surface area contributed by atoms with Crippen LogP contribution in [0.25, 0.3) is 0 Å². The number of carbonyl (C=O) groups is 2. The molecule has 17 heavy (non-hydrogen) atoms. The van der Waals surface area contributed by atoms with Crippen molar-refractivity contribution in [2.45, 2.75) is 19.3 Å². The number of hydrogen-bond donors (Lipinski definition) is 2. The van der Waals surface area contributed by atoms with Gasteiger partial charge in [-0.15, -0.1) is 0 Å². The van der Waals surface area contributed by atoms with Crippen LogP contribution in [0.5, 0.6) is 0 Å². The molecule has 1 atom stereocenters. The van der Waals surface area contributed by atoms with Crippen LogP contribution < -0.4 is 5.32 Å². The number of aliphatic hydroxyl groups is 1. The van der Waals surface area contributed by atoms with Crippen LogP contribution in [-0.2, 0) is 9.59 Å². The van der Waals surface area contributed by atoms with E-state index in [0.29, 0.717) is 19.5 Å². The summed E-state index contributed by atoms with van der Waals surface area (Å²) in [6.45, 7) is 1.03. The van der Waals surface area contributed by atoms with Gasteiger partial charge in [-0.05, 0) is 25.2 Å². The summed E-state index contributed by atoms with van der Waals surface area (Å²) >= 11 is 0. The monoisotopic (exact) mass is 239 g/mol. The fourth-order valence-electron chi connectivity index (χ4n) is 2.01.